The summed E-state index contributed by atoms with van der Waals surface area (Å²) in [5.74, 6) is 0. The first-order valence-electron chi connectivity index (χ1n) is 21.6. The van der Waals surface area contributed by atoms with Crippen LogP contribution in [-0.2, 0) is 0 Å². The summed E-state index contributed by atoms with van der Waals surface area (Å²) in [5.41, 5.74) is 31.8. The van der Waals surface area contributed by atoms with Crippen molar-refractivity contribution in [1.29, 1.82) is 0 Å². The molecule has 0 unspecified atom stereocenters. The number of nitrogens with two attached hydrogens (primary N) is 2. The third kappa shape index (κ3) is 7.88. The number of anilines is 8. The standard InChI is InChI=1S/C60H46N4/c61-48-35-31-45(32-36-48)55-39-40-56(62)60(47-34-38-54(44-21-9-2-10-22-44)58(42-47)64(51-27-15-5-16-28-51)52-29-17-6-18-30-52)59(55)46-33-37-53(43-19-7-1-8-20-43)57(41-46)63(49-23-11-3-12-24-49)50-25-13-4-14-26-50/h1-42H,61-62H2. The molecule has 0 aromatic heterocycles. The predicted molar refractivity (Wildman–Crippen MR) is 272 cm³/mol. The highest BCUT2D eigenvalue weighted by Gasteiger charge is 2.24. The number of para-hydroxylation sites is 4. The van der Waals surface area contributed by atoms with Gasteiger partial charge in [0.05, 0.1) is 11.4 Å². The maximum absolute atomic E-state index is 7.32. The molecule has 4 heteroatoms. The number of nitrogens with zero attached hydrogens (tertiary/aromatic N) is 2. The normalized spacial score (nSPS) is 10.9. The van der Waals surface area contributed by atoms with E-state index in [0.29, 0.717) is 11.4 Å². The first-order chi connectivity index (χ1) is 31.6. The Morgan fingerprint density at radius 2 is 0.562 bits per heavy atom. The Balaban J connectivity index is 1.28. The van der Waals surface area contributed by atoms with Gasteiger partial charge in [0.25, 0.3) is 0 Å². The zero-order chi connectivity index (χ0) is 43.2. The molecule has 0 saturated heterocycles. The van der Waals surface area contributed by atoms with Crippen molar-refractivity contribution in [3.8, 4) is 55.6 Å². The van der Waals surface area contributed by atoms with Gasteiger partial charge in [0, 0.05) is 50.8 Å². The largest absolute Gasteiger partial charge is 0.399 e. The van der Waals surface area contributed by atoms with Gasteiger partial charge in [-0.15, -0.1) is 0 Å². The Labute approximate surface area is 375 Å². The van der Waals surface area contributed by atoms with Crippen LogP contribution in [0.2, 0.25) is 0 Å². The predicted octanol–water partition coefficient (Wildman–Crippen LogP) is 16.1. The highest BCUT2D eigenvalue weighted by molar-refractivity contribution is 6.03. The summed E-state index contributed by atoms with van der Waals surface area (Å²) in [6.45, 7) is 0. The van der Waals surface area contributed by atoms with Crippen LogP contribution < -0.4 is 21.3 Å². The molecule has 10 rings (SSSR count). The Morgan fingerprint density at radius 3 is 0.953 bits per heavy atom. The van der Waals surface area contributed by atoms with Crippen LogP contribution in [0.3, 0.4) is 0 Å². The Kier molecular flexibility index (Phi) is 11.0. The molecule has 306 valence electrons. The lowest BCUT2D eigenvalue weighted by Crippen LogP contribution is -2.12. The fourth-order valence-corrected chi connectivity index (χ4v) is 8.76. The molecule has 0 aliphatic carbocycles. The van der Waals surface area contributed by atoms with E-state index >= 15 is 0 Å². The van der Waals surface area contributed by atoms with E-state index in [0.717, 1.165) is 89.8 Å². The minimum Gasteiger partial charge on any atom is -0.399 e. The fraction of sp³-hybridized carbons (Fsp3) is 0. The van der Waals surface area contributed by atoms with Crippen molar-refractivity contribution in [3.05, 3.63) is 255 Å². The average Bonchev–Trinajstić information content (AvgIpc) is 3.36. The molecule has 0 saturated carbocycles. The Bertz CT molecular complexity index is 3060. The summed E-state index contributed by atoms with van der Waals surface area (Å²) < 4.78 is 0. The van der Waals surface area contributed by atoms with Gasteiger partial charge >= 0.3 is 0 Å². The number of hydrogen-bond donors (Lipinski definition) is 2. The van der Waals surface area contributed by atoms with Crippen molar-refractivity contribution in [2.24, 2.45) is 0 Å². The minimum absolute atomic E-state index is 0.676. The molecule has 0 bridgehead atoms. The molecule has 0 aliphatic rings. The van der Waals surface area contributed by atoms with Crippen LogP contribution in [0.5, 0.6) is 0 Å². The molecule has 0 radical (unpaired) electrons. The van der Waals surface area contributed by atoms with Gasteiger partial charge in [0.2, 0.25) is 0 Å². The van der Waals surface area contributed by atoms with Gasteiger partial charge in [-0.3, -0.25) is 0 Å². The van der Waals surface area contributed by atoms with Gasteiger partial charge < -0.3 is 21.3 Å². The van der Waals surface area contributed by atoms with Gasteiger partial charge in [0.1, 0.15) is 0 Å². The molecule has 0 atom stereocenters. The van der Waals surface area contributed by atoms with Crippen LogP contribution in [0.25, 0.3) is 55.6 Å². The van der Waals surface area contributed by atoms with Crippen LogP contribution in [0.4, 0.5) is 45.5 Å². The summed E-state index contributed by atoms with van der Waals surface area (Å²) in [4.78, 5) is 4.70. The van der Waals surface area contributed by atoms with Gasteiger partial charge in [0.15, 0.2) is 0 Å². The van der Waals surface area contributed by atoms with E-state index in [1.54, 1.807) is 0 Å². The lowest BCUT2D eigenvalue weighted by Gasteiger charge is -2.30. The molecule has 0 aliphatic heterocycles. The van der Waals surface area contributed by atoms with E-state index in [4.69, 9.17) is 11.5 Å². The van der Waals surface area contributed by atoms with E-state index in [9.17, 15) is 0 Å². The summed E-state index contributed by atoms with van der Waals surface area (Å²) >= 11 is 0. The monoisotopic (exact) mass is 822 g/mol. The summed E-state index contributed by atoms with van der Waals surface area (Å²) in [6, 6.07) is 89.5. The van der Waals surface area contributed by atoms with Crippen LogP contribution in [-0.4, -0.2) is 0 Å². The van der Waals surface area contributed by atoms with Crippen molar-refractivity contribution in [3.63, 3.8) is 0 Å². The van der Waals surface area contributed by atoms with Crippen molar-refractivity contribution < 1.29 is 0 Å². The van der Waals surface area contributed by atoms with Gasteiger partial charge in [-0.2, -0.15) is 0 Å². The smallest absolute Gasteiger partial charge is 0.0546 e. The summed E-state index contributed by atoms with van der Waals surface area (Å²) in [6.07, 6.45) is 0. The van der Waals surface area contributed by atoms with Crippen molar-refractivity contribution in [2.45, 2.75) is 0 Å². The first-order valence-corrected chi connectivity index (χ1v) is 21.6. The zero-order valence-corrected chi connectivity index (χ0v) is 35.3. The molecule has 0 fully saturated rings. The molecule has 10 aromatic rings. The molecular weight excluding hydrogens is 777 g/mol. The molecule has 0 spiro atoms. The van der Waals surface area contributed by atoms with Crippen molar-refractivity contribution >= 4 is 45.5 Å². The van der Waals surface area contributed by atoms with E-state index in [1.807, 2.05) is 18.2 Å². The van der Waals surface area contributed by atoms with Crippen LogP contribution in [0.15, 0.2) is 255 Å². The van der Waals surface area contributed by atoms with Gasteiger partial charge in [-0.25, -0.2) is 0 Å². The lowest BCUT2D eigenvalue weighted by molar-refractivity contribution is 1.28. The zero-order valence-electron chi connectivity index (χ0n) is 35.3. The third-order valence-electron chi connectivity index (χ3n) is 11.7. The van der Waals surface area contributed by atoms with E-state index < -0.39 is 0 Å². The number of benzene rings is 10. The molecular formula is C60H46N4. The Hall–Kier alpha value is -8.60. The molecule has 4 nitrogen and oxygen atoms in total. The number of hydrogen-bond acceptors (Lipinski definition) is 4. The van der Waals surface area contributed by atoms with Crippen molar-refractivity contribution in [2.75, 3.05) is 21.3 Å². The van der Waals surface area contributed by atoms with Crippen LogP contribution >= 0.6 is 0 Å². The fourth-order valence-electron chi connectivity index (χ4n) is 8.76. The van der Waals surface area contributed by atoms with Crippen LogP contribution in [0, 0.1) is 0 Å². The van der Waals surface area contributed by atoms with E-state index in [-0.39, 0.29) is 0 Å². The molecule has 0 amide bonds. The van der Waals surface area contributed by atoms with E-state index in [1.165, 1.54) is 0 Å². The number of nitrogen functional groups attached to an aromatic ring is 2. The summed E-state index contributed by atoms with van der Waals surface area (Å²) in [7, 11) is 0. The molecule has 64 heavy (non-hydrogen) atoms. The second-order valence-corrected chi connectivity index (χ2v) is 15.8. The van der Waals surface area contributed by atoms with E-state index in [2.05, 4.69) is 246 Å². The highest BCUT2D eigenvalue weighted by atomic mass is 15.1. The quantitative estimate of drug-likeness (QED) is 0.128. The molecule has 10 aromatic carbocycles. The maximum Gasteiger partial charge on any atom is 0.0546 e. The van der Waals surface area contributed by atoms with Crippen molar-refractivity contribution in [1.82, 2.24) is 0 Å². The lowest BCUT2D eigenvalue weighted by atomic mass is 9.84. The second-order valence-electron chi connectivity index (χ2n) is 15.8. The topological polar surface area (TPSA) is 58.5 Å². The molecule has 0 heterocycles. The SMILES string of the molecule is Nc1ccc(-c2ccc(N)c(-c3ccc(-c4ccccc4)c(N(c4ccccc4)c4ccccc4)c3)c2-c2ccc(-c3ccccc3)c(N(c3ccccc3)c3ccccc3)c2)cc1. The second kappa shape index (κ2) is 17.8. The molecule has 4 N–H and O–H groups in total. The highest BCUT2D eigenvalue weighted by Crippen LogP contribution is 2.50. The maximum atomic E-state index is 7.32. The van der Waals surface area contributed by atoms with Gasteiger partial charge in [-0.05, 0) is 118 Å². The number of rotatable bonds is 11. The first kappa shape index (κ1) is 39.5. The third-order valence-corrected chi connectivity index (χ3v) is 11.7. The Morgan fingerprint density at radius 1 is 0.250 bits per heavy atom. The minimum atomic E-state index is 0.676. The summed E-state index contributed by atoms with van der Waals surface area (Å²) in [5, 5.41) is 0. The average molecular weight is 823 g/mol. The van der Waals surface area contributed by atoms with Gasteiger partial charge in [-0.1, -0.05) is 176 Å². The van der Waals surface area contributed by atoms with Crippen LogP contribution in [0.1, 0.15) is 0 Å².